The summed E-state index contributed by atoms with van der Waals surface area (Å²) in [4.78, 5) is 0. The lowest BCUT2D eigenvalue weighted by molar-refractivity contribution is 0.152. The highest BCUT2D eigenvalue weighted by Gasteiger charge is 2.19. The van der Waals surface area contributed by atoms with Crippen LogP contribution in [0, 0.1) is 0 Å². The van der Waals surface area contributed by atoms with Gasteiger partial charge in [-0.2, -0.15) is 0 Å². The van der Waals surface area contributed by atoms with E-state index in [1.165, 1.54) is 38.5 Å². The summed E-state index contributed by atoms with van der Waals surface area (Å²) in [5.74, 6) is 0. The minimum absolute atomic E-state index is 0.0991. The molecular weight excluding hydrogens is 224 g/mol. The Morgan fingerprint density at radius 3 is 2.56 bits per heavy atom. The number of hydrogen-bond acceptors (Lipinski definition) is 2. The topological polar surface area (TPSA) is 32.8 Å². The van der Waals surface area contributed by atoms with Crippen LogP contribution in [-0.4, -0.2) is 23.9 Å². The third kappa shape index (κ3) is 9.67. The molecule has 1 N–H and O–H groups in total. The Bertz CT molecular complexity index is 209. The van der Waals surface area contributed by atoms with Crippen molar-refractivity contribution in [3.63, 3.8) is 0 Å². The molecule has 0 aromatic carbocycles. The van der Waals surface area contributed by atoms with Crippen LogP contribution in [0.1, 0.15) is 71.1 Å². The van der Waals surface area contributed by atoms with Crippen LogP contribution in [0.5, 0.6) is 0 Å². The highest BCUT2D eigenvalue weighted by molar-refractivity contribution is 4.88. The van der Waals surface area contributed by atoms with Gasteiger partial charge in [-0.3, -0.25) is 0 Å². The lowest BCUT2D eigenvalue weighted by atomic mass is 10.0. The van der Waals surface area contributed by atoms with Crippen LogP contribution >= 0.6 is 0 Å². The molecule has 2 unspecified atom stereocenters. The van der Waals surface area contributed by atoms with Crippen LogP contribution in [-0.2, 0) is 4.74 Å². The molecule has 0 amide bonds. The molecule has 0 bridgehead atoms. The lowest BCUT2D eigenvalue weighted by Gasteiger charge is -2.08. The van der Waals surface area contributed by atoms with Crippen LogP contribution in [0.4, 0.5) is 0 Å². The first-order valence-corrected chi connectivity index (χ1v) is 7.77. The maximum absolute atomic E-state index is 9.81. The normalized spacial score (nSPS) is 20.4. The van der Waals surface area contributed by atoms with Crippen molar-refractivity contribution in [3.8, 4) is 0 Å². The van der Waals surface area contributed by atoms with Gasteiger partial charge in [0, 0.05) is 0 Å². The number of aliphatic hydroxyl groups is 1. The highest BCUT2D eigenvalue weighted by Crippen LogP contribution is 2.14. The van der Waals surface area contributed by atoms with E-state index in [1.807, 2.05) is 0 Å². The van der Waals surface area contributed by atoms with Crippen molar-refractivity contribution in [3.05, 3.63) is 12.2 Å². The summed E-state index contributed by atoms with van der Waals surface area (Å²) >= 11 is 0. The average molecular weight is 254 g/mol. The number of aliphatic hydroxyl groups excluding tert-OH is 1. The summed E-state index contributed by atoms with van der Waals surface area (Å²) < 4.78 is 5.13. The van der Waals surface area contributed by atoms with E-state index in [4.69, 9.17) is 4.74 Å². The molecular formula is C16H30O2. The van der Waals surface area contributed by atoms with Crippen LogP contribution in [0.2, 0.25) is 0 Å². The molecule has 0 saturated carbocycles. The van der Waals surface area contributed by atoms with Gasteiger partial charge in [-0.05, 0) is 25.7 Å². The Morgan fingerprint density at radius 2 is 1.83 bits per heavy atom. The standard InChI is InChI=1S/C16H30O2/c1-2-3-4-5-6-8-11-15(17)12-9-7-10-13-16-14-18-16/h7,10,15-17H,2-6,8-9,11-14H2,1H3/b10-7-. The van der Waals surface area contributed by atoms with Gasteiger partial charge in [0.15, 0.2) is 0 Å². The first kappa shape index (κ1) is 15.7. The number of ether oxygens (including phenoxy) is 1. The SMILES string of the molecule is CCCCCCCCC(O)CC/C=C\CC1CO1. The monoisotopic (exact) mass is 254 g/mol. The molecule has 0 aromatic heterocycles. The minimum atomic E-state index is -0.0991. The first-order valence-electron chi connectivity index (χ1n) is 7.77. The molecule has 2 heteroatoms. The van der Waals surface area contributed by atoms with Crippen molar-refractivity contribution in [1.29, 1.82) is 0 Å². The number of hydrogen-bond donors (Lipinski definition) is 1. The van der Waals surface area contributed by atoms with E-state index in [1.54, 1.807) is 0 Å². The van der Waals surface area contributed by atoms with E-state index in [2.05, 4.69) is 19.1 Å². The maximum atomic E-state index is 9.81. The lowest BCUT2D eigenvalue weighted by Crippen LogP contribution is -2.05. The van der Waals surface area contributed by atoms with Crippen molar-refractivity contribution >= 4 is 0 Å². The zero-order valence-corrected chi connectivity index (χ0v) is 11.9. The van der Waals surface area contributed by atoms with Gasteiger partial charge in [-0.25, -0.2) is 0 Å². The fourth-order valence-electron chi connectivity index (χ4n) is 2.16. The smallest absolute Gasteiger partial charge is 0.0844 e. The Kier molecular flexibility index (Phi) is 9.23. The van der Waals surface area contributed by atoms with Crippen molar-refractivity contribution in [2.45, 2.75) is 83.3 Å². The van der Waals surface area contributed by atoms with E-state index in [0.717, 1.165) is 32.3 Å². The molecule has 1 heterocycles. The van der Waals surface area contributed by atoms with Crippen LogP contribution in [0.25, 0.3) is 0 Å². The predicted molar refractivity (Wildman–Crippen MR) is 76.7 cm³/mol. The number of unbranched alkanes of at least 4 members (excludes halogenated alkanes) is 5. The molecule has 18 heavy (non-hydrogen) atoms. The van der Waals surface area contributed by atoms with Gasteiger partial charge in [0.25, 0.3) is 0 Å². The zero-order chi connectivity index (χ0) is 13.1. The molecule has 0 radical (unpaired) electrons. The number of rotatable bonds is 12. The molecule has 1 fully saturated rings. The maximum Gasteiger partial charge on any atom is 0.0844 e. The van der Waals surface area contributed by atoms with E-state index in [-0.39, 0.29) is 6.10 Å². The average Bonchev–Trinajstić information content (AvgIpc) is 3.17. The molecule has 2 nitrogen and oxygen atoms in total. The molecule has 1 rings (SSSR count). The predicted octanol–water partition coefficient (Wildman–Crippen LogP) is 4.22. The van der Waals surface area contributed by atoms with Crippen molar-refractivity contribution in [2.75, 3.05) is 6.61 Å². The molecule has 1 saturated heterocycles. The Balaban J connectivity index is 1.80. The second-order valence-corrected chi connectivity index (χ2v) is 5.45. The largest absolute Gasteiger partial charge is 0.393 e. The van der Waals surface area contributed by atoms with E-state index in [9.17, 15) is 5.11 Å². The number of epoxide rings is 1. The van der Waals surface area contributed by atoms with Crippen molar-refractivity contribution in [2.24, 2.45) is 0 Å². The molecule has 2 atom stereocenters. The molecule has 1 aliphatic rings. The summed E-state index contributed by atoms with van der Waals surface area (Å²) in [6.45, 7) is 3.18. The van der Waals surface area contributed by atoms with Crippen LogP contribution in [0.3, 0.4) is 0 Å². The van der Waals surface area contributed by atoms with Crippen LogP contribution in [0.15, 0.2) is 12.2 Å². The zero-order valence-electron chi connectivity index (χ0n) is 11.9. The summed E-state index contributed by atoms with van der Waals surface area (Å²) in [7, 11) is 0. The highest BCUT2D eigenvalue weighted by atomic mass is 16.6. The van der Waals surface area contributed by atoms with E-state index < -0.39 is 0 Å². The molecule has 106 valence electrons. The Morgan fingerprint density at radius 1 is 1.11 bits per heavy atom. The summed E-state index contributed by atoms with van der Waals surface area (Å²) in [6.07, 6.45) is 16.5. The second kappa shape index (κ2) is 10.6. The Labute approximate surface area is 112 Å². The van der Waals surface area contributed by atoms with Gasteiger partial charge in [0.1, 0.15) is 0 Å². The molecule has 0 spiro atoms. The second-order valence-electron chi connectivity index (χ2n) is 5.45. The van der Waals surface area contributed by atoms with Crippen molar-refractivity contribution in [1.82, 2.24) is 0 Å². The van der Waals surface area contributed by atoms with Crippen molar-refractivity contribution < 1.29 is 9.84 Å². The Hall–Kier alpha value is -0.340. The van der Waals surface area contributed by atoms with Gasteiger partial charge >= 0.3 is 0 Å². The van der Waals surface area contributed by atoms with Gasteiger partial charge in [-0.1, -0.05) is 57.6 Å². The molecule has 1 aliphatic heterocycles. The van der Waals surface area contributed by atoms with Gasteiger partial charge in [0.2, 0.25) is 0 Å². The minimum Gasteiger partial charge on any atom is -0.393 e. The quantitative estimate of drug-likeness (QED) is 0.321. The fourth-order valence-corrected chi connectivity index (χ4v) is 2.16. The number of allylic oxidation sites excluding steroid dienone is 1. The third-order valence-electron chi connectivity index (χ3n) is 3.53. The summed E-state index contributed by atoms with van der Waals surface area (Å²) in [5.41, 5.74) is 0. The molecule has 0 aliphatic carbocycles. The summed E-state index contributed by atoms with van der Waals surface area (Å²) in [6, 6.07) is 0. The molecule has 0 aromatic rings. The summed E-state index contributed by atoms with van der Waals surface area (Å²) in [5, 5.41) is 9.81. The van der Waals surface area contributed by atoms with Crippen LogP contribution < -0.4 is 0 Å². The van der Waals surface area contributed by atoms with Gasteiger partial charge in [-0.15, -0.1) is 0 Å². The van der Waals surface area contributed by atoms with Gasteiger partial charge < -0.3 is 9.84 Å². The van der Waals surface area contributed by atoms with E-state index in [0.29, 0.717) is 6.10 Å². The van der Waals surface area contributed by atoms with E-state index >= 15 is 0 Å². The van der Waals surface area contributed by atoms with Gasteiger partial charge in [0.05, 0.1) is 18.8 Å². The third-order valence-corrected chi connectivity index (χ3v) is 3.53. The first-order chi connectivity index (χ1) is 8.83. The fraction of sp³-hybridized carbons (Fsp3) is 0.875.